The quantitative estimate of drug-likeness (QED) is 0.884. The minimum atomic E-state index is -0.190. The first-order valence-corrected chi connectivity index (χ1v) is 7.11. The first kappa shape index (κ1) is 15.2. The first-order chi connectivity index (χ1) is 10.0. The molecule has 0 aliphatic heterocycles. The minimum Gasteiger partial charge on any atom is -0.486 e. The number of nitrogens with one attached hydrogen (secondary N) is 1. The highest BCUT2D eigenvalue weighted by molar-refractivity contribution is 5.91. The number of benzene rings is 1. The molecular weight excluding hydrogens is 266 g/mol. The smallest absolute Gasteiger partial charge is 0.287 e. The molecule has 21 heavy (non-hydrogen) atoms. The molecule has 2 rings (SSSR count). The van der Waals surface area contributed by atoms with Gasteiger partial charge in [0.15, 0.2) is 5.76 Å². The van der Waals surface area contributed by atoms with Gasteiger partial charge in [0.05, 0.1) is 0 Å². The normalized spacial score (nSPS) is 10.7. The molecule has 0 saturated heterocycles. The van der Waals surface area contributed by atoms with Crippen molar-refractivity contribution >= 4 is 5.91 Å². The van der Waals surface area contributed by atoms with Crippen molar-refractivity contribution in [3.05, 3.63) is 53.5 Å². The fourth-order valence-corrected chi connectivity index (χ4v) is 1.75. The number of ether oxygens (including phenoxy) is 1. The van der Waals surface area contributed by atoms with Crippen molar-refractivity contribution in [3.8, 4) is 5.75 Å². The molecular formula is C17H21NO3. The fraction of sp³-hybridized carbons (Fsp3) is 0.353. The Morgan fingerprint density at radius 1 is 1.19 bits per heavy atom. The Labute approximate surface area is 125 Å². The van der Waals surface area contributed by atoms with E-state index in [9.17, 15) is 4.79 Å². The molecule has 1 aromatic carbocycles. The summed E-state index contributed by atoms with van der Waals surface area (Å²) in [4.78, 5) is 11.8. The lowest BCUT2D eigenvalue weighted by molar-refractivity contribution is 0.0917. The summed E-state index contributed by atoms with van der Waals surface area (Å²) in [5, 5.41) is 2.82. The average Bonchev–Trinajstić information content (AvgIpc) is 2.93. The summed E-state index contributed by atoms with van der Waals surface area (Å²) in [5.74, 6) is 1.95. The van der Waals surface area contributed by atoms with Crippen LogP contribution in [0.15, 0.2) is 40.8 Å². The number of hydrogen-bond acceptors (Lipinski definition) is 3. The van der Waals surface area contributed by atoms with Gasteiger partial charge in [0.1, 0.15) is 18.1 Å². The van der Waals surface area contributed by atoms with Gasteiger partial charge in [0.2, 0.25) is 0 Å². The van der Waals surface area contributed by atoms with Gasteiger partial charge in [-0.2, -0.15) is 0 Å². The van der Waals surface area contributed by atoms with Crippen molar-refractivity contribution in [2.45, 2.75) is 27.4 Å². The lowest BCUT2D eigenvalue weighted by atomic mass is 10.2. The van der Waals surface area contributed by atoms with Gasteiger partial charge in [-0.05, 0) is 37.1 Å². The van der Waals surface area contributed by atoms with Crippen molar-refractivity contribution in [1.29, 1.82) is 0 Å². The number of carbonyl (C=O) groups is 1. The average molecular weight is 287 g/mol. The maximum absolute atomic E-state index is 11.8. The fourth-order valence-electron chi connectivity index (χ4n) is 1.75. The Balaban J connectivity index is 1.88. The summed E-state index contributed by atoms with van der Waals surface area (Å²) in [6.45, 7) is 7.06. The van der Waals surface area contributed by atoms with Crippen molar-refractivity contribution in [2.75, 3.05) is 6.54 Å². The van der Waals surface area contributed by atoms with Crippen LogP contribution in [0.2, 0.25) is 0 Å². The van der Waals surface area contributed by atoms with Crippen LogP contribution in [-0.2, 0) is 6.61 Å². The molecule has 0 atom stereocenters. The molecule has 0 aliphatic rings. The van der Waals surface area contributed by atoms with Gasteiger partial charge in [-0.1, -0.05) is 31.5 Å². The van der Waals surface area contributed by atoms with E-state index in [1.54, 1.807) is 12.1 Å². The van der Waals surface area contributed by atoms with Crippen LogP contribution in [-0.4, -0.2) is 12.5 Å². The Bertz CT molecular complexity index is 584. The van der Waals surface area contributed by atoms with Crippen LogP contribution in [0.1, 0.15) is 35.7 Å². The van der Waals surface area contributed by atoms with Crippen molar-refractivity contribution < 1.29 is 13.9 Å². The van der Waals surface area contributed by atoms with E-state index < -0.39 is 0 Å². The topological polar surface area (TPSA) is 51.5 Å². The zero-order valence-electron chi connectivity index (χ0n) is 12.7. The Kier molecular flexibility index (Phi) is 5.04. The standard InChI is InChI=1S/C17H21NO3/c1-12(2)10-18-17(19)16-9-8-15(21-16)11-20-14-6-4-13(3)5-7-14/h4-9,12H,10-11H2,1-3H3,(H,18,19). The molecule has 4 heteroatoms. The van der Waals surface area contributed by atoms with E-state index in [2.05, 4.69) is 5.32 Å². The highest BCUT2D eigenvalue weighted by atomic mass is 16.5. The highest BCUT2D eigenvalue weighted by Gasteiger charge is 2.11. The Morgan fingerprint density at radius 2 is 1.90 bits per heavy atom. The zero-order valence-corrected chi connectivity index (χ0v) is 12.7. The second-order valence-corrected chi connectivity index (χ2v) is 5.47. The van der Waals surface area contributed by atoms with Crippen molar-refractivity contribution in [3.63, 3.8) is 0 Å². The van der Waals surface area contributed by atoms with Gasteiger partial charge in [0.25, 0.3) is 5.91 Å². The van der Waals surface area contributed by atoms with Crippen LogP contribution in [0.25, 0.3) is 0 Å². The lowest BCUT2D eigenvalue weighted by Gasteiger charge is -2.06. The van der Waals surface area contributed by atoms with E-state index in [1.807, 2.05) is 45.0 Å². The van der Waals surface area contributed by atoms with Crippen LogP contribution < -0.4 is 10.1 Å². The van der Waals surface area contributed by atoms with E-state index >= 15 is 0 Å². The van der Waals surface area contributed by atoms with E-state index in [0.29, 0.717) is 30.6 Å². The molecule has 0 bridgehead atoms. The lowest BCUT2D eigenvalue weighted by Crippen LogP contribution is -2.26. The molecule has 0 saturated carbocycles. The largest absolute Gasteiger partial charge is 0.486 e. The second kappa shape index (κ2) is 6.97. The van der Waals surface area contributed by atoms with E-state index in [1.165, 1.54) is 5.56 Å². The van der Waals surface area contributed by atoms with Gasteiger partial charge in [-0.25, -0.2) is 0 Å². The maximum Gasteiger partial charge on any atom is 0.287 e. The molecule has 0 aliphatic carbocycles. The Hall–Kier alpha value is -2.23. The Morgan fingerprint density at radius 3 is 2.57 bits per heavy atom. The molecule has 1 aromatic heterocycles. The van der Waals surface area contributed by atoms with Crippen LogP contribution in [0.4, 0.5) is 0 Å². The third-order valence-electron chi connectivity index (χ3n) is 2.96. The van der Waals surface area contributed by atoms with Gasteiger partial charge < -0.3 is 14.5 Å². The van der Waals surface area contributed by atoms with Gasteiger partial charge >= 0.3 is 0 Å². The third kappa shape index (κ3) is 4.67. The van der Waals surface area contributed by atoms with Crippen molar-refractivity contribution in [1.82, 2.24) is 5.32 Å². The second-order valence-electron chi connectivity index (χ2n) is 5.47. The summed E-state index contributed by atoms with van der Waals surface area (Å²) < 4.78 is 11.1. The highest BCUT2D eigenvalue weighted by Crippen LogP contribution is 2.15. The number of carbonyl (C=O) groups excluding carboxylic acids is 1. The first-order valence-electron chi connectivity index (χ1n) is 7.11. The number of aryl methyl sites for hydroxylation is 1. The minimum absolute atomic E-state index is 0.190. The maximum atomic E-state index is 11.8. The molecule has 2 aromatic rings. The van der Waals surface area contributed by atoms with Crippen LogP contribution >= 0.6 is 0 Å². The number of furan rings is 1. The zero-order chi connectivity index (χ0) is 15.2. The monoisotopic (exact) mass is 287 g/mol. The molecule has 1 amide bonds. The predicted octanol–water partition coefficient (Wildman–Crippen LogP) is 3.55. The SMILES string of the molecule is Cc1ccc(OCc2ccc(C(=O)NCC(C)C)o2)cc1. The molecule has 0 fully saturated rings. The van der Waals surface area contributed by atoms with Gasteiger partial charge in [-0.3, -0.25) is 4.79 Å². The molecule has 0 spiro atoms. The molecule has 4 nitrogen and oxygen atoms in total. The van der Waals surface area contributed by atoms with E-state index in [0.717, 1.165) is 5.75 Å². The van der Waals surface area contributed by atoms with E-state index in [4.69, 9.17) is 9.15 Å². The summed E-state index contributed by atoms with van der Waals surface area (Å²) in [7, 11) is 0. The summed E-state index contributed by atoms with van der Waals surface area (Å²) in [6, 6.07) is 11.2. The van der Waals surface area contributed by atoms with Gasteiger partial charge in [0, 0.05) is 6.54 Å². The molecule has 1 heterocycles. The van der Waals surface area contributed by atoms with Crippen LogP contribution in [0.3, 0.4) is 0 Å². The number of amides is 1. The molecule has 0 radical (unpaired) electrons. The van der Waals surface area contributed by atoms with Gasteiger partial charge in [-0.15, -0.1) is 0 Å². The third-order valence-corrected chi connectivity index (χ3v) is 2.96. The van der Waals surface area contributed by atoms with Crippen molar-refractivity contribution in [2.24, 2.45) is 5.92 Å². The number of hydrogen-bond donors (Lipinski definition) is 1. The molecule has 112 valence electrons. The summed E-state index contributed by atoms with van der Waals surface area (Å²) >= 11 is 0. The van der Waals surface area contributed by atoms with E-state index in [-0.39, 0.29) is 5.91 Å². The van der Waals surface area contributed by atoms with Crippen LogP contribution in [0, 0.1) is 12.8 Å². The molecule has 1 N–H and O–H groups in total. The predicted molar refractivity (Wildman–Crippen MR) is 81.4 cm³/mol. The molecule has 0 unspecified atom stereocenters. The summed E-state index contributed by atoms with van der Waals surface area (Å²) in [5.41, 5.74) is 1.18. The summed E-state index contributed by atoms with van der Waals surface area (Å²) in [6.07, 6.45) is 0. The van der Waals surface area contributed by atoms with Crippen LogP contribution in [0.5, 0.6) is 5.75 Å². The number of rotatable bonds is 6.